The van der Waals surface area contributed by atoms with Crippen LogP contribution in [0.15, 0.2) is 12.1 Å². The van der Waals surface area contributed by atoms with Crippen LogP contribution >= 0.6 is 0 Å². The van der Waals surface area contributed by atoms with E-state index in [1.54, 1.807) is 7.11 Å². The molecule has 2 N–H and O–H groups in total. The summed E-state index contributed by atoms with van der Waals surface area (Å²) in [5, 5.41) is 13.3. The molecule has 1 aromatic rings. The number of methoxy groups -OCH3 is 1. The zero-order chi connectivity index (χ0) is 11.5. The number of phenols is 1. The Hall–Kier alpha value is -1.22. The summed E-state index contributed by atoms with van der Waals surface area (Å²) in [6, 6.07) is 4.19. The van der Waals surface area contributed by atoms with Crippen molar-refractivity contribution in [3.8, 4) is 11.5 Å². The Morgan fingerprint density at radius 1 is 1.50 bits per heavy atom. The number of aromatic hydroxyl groups is 1. The lowest BCUT2D eigenvalue weighted by Gasteiger charge is -2.27. The SMILES string of the molecule is CCCC1NCCc2cc(OC)c(O)cc21. The Balaban J connectivity index is 2.37. The average Bonchev–Trinajstić information content (AvgIpc) is 2.29. The number of phenolic OH excluding ortho intramolecular Hbond substituents is 1. The van der Waals surface area contributed by atoms with Gasteiger partial charge in [-0.2, -0.15) is 0 Å². The number of rotatable bonds is 3. The van der Waals surface area contributed by atoms with E-state index in [0.29, 0.717) is 11.8 Å². The third kappa shape index (κ3) is 2.00. The summed E-state index contributed by atoms with van der Waals surface area (Å²) in [5.74, 6) is 0.821. The summed E-state index contributed by atoms with van der Waals surface area (Å²) in [4.78, 5) is 0. The molecule has 1 unspecified atom stereocenters. The van der Waals surface area contributed by atoms with Gasteiger partial charge < -0.3 is 15.2 Å². The van der Waals surface area contributed by atoms with Crippen LogP contribution in [0, 0.1) is 0 Å². The van der Waals surface area contributed by atoms with Crippen molar-refractivity contribution in [3.05, 3.63) is 23.3 Å². The van der Waals surface area contributed by atoms with Crippen molar-refractivity contribution in [2.45, 2.75) is 32.2 Å². The zero-order valence-corrected chi connectivity index (χ0v) is 9.92. The van der Waals surface area contributed by atoms with Crippen LogP contribution in [0.3, 0.4) is 0 Å². The van der Waals surface area contributed by atoms with Crippen molar-refractivity contribution in [1.82, 2.24) is 5.32 Å². The molecule has 1 atom stereocenters. The Kier molecular flexibility index (Phi) is 3.34. The summed E-state index contributed by atoms with van der Waals surface area (Å²) >= 11 is 0. The summed E-state index contributed by atoms with van der Waals surface area (Å²) in [7, 11) is 1.59. The first kappa shape index (κ1) is 11.3. The molecule has 3 nitrogen and oxygen atoms in total. The molecule has 0 fully saturated rings. The van der Waals surface area contributed by atoms with Gasteiger partial charge in [-0.1, -0.05) is 13.3 Å². The first-order valence-corrected chi connectivity index (χ1v) is 5.89. The fourth-order valence-electron chi connectivity index (χ4n) is 2.37. The van der Waals surface area contributed by atoms with Gasteiger partial charge in [0.05, 0.1) is 7.11 Å². The molecule has 3 heteroatoms. The molecule has 1 aliphatic heterocycles. The Bertz CT molecular complexity index is 376. The molecule has 88 valence electrons. The van der Waals surface area contributed by atoms with Crippen LogP contribution in [0.25, 0.3) is 0 Å². The van der Waals surface area contributed by atoms with Crippen molar-refractivity contribution in [2.75, 3.05) is 13.7 Å². The maximum Gasteiger partial charge on any atom is 0.160 e. The molecule has 0 saturated heterocycles. The van der Waals surface area contributed by atoms with E-state index < -0.39 is 0 Å². The maximum atomic E-state index is 9.80. The smallest absolute Gasteiger partial charge is 0.160 e. The van der Waals surface area contributed by atoms with Crippen LogP contribution in [0.4, 0.5) is 0 Å². The molecule has 1 heterocycles. The summed E-state index contributed by atoms with van der Waals surface area (Å²) < 4.78 is 5.14. The third-order valence-corrected chi connectivity index (χ3v) is 3.18. The minimum atomic E-state index is 0.242. The van der Waals surface area contributed by atoms with Crippen molar-refractivity contribution in [2.24, 2.45) is 0 Å². The largest absolute Gasteiger partial charge is 0.504 e. The molecule has 0 radical (unpaired) electrons. The van der Waals surface area contributed by atoms with Gasteiger partial charge in [-0.25, -0.2) is 0 Å². The van der Waals surface area contributed by atoms with Gasteiger partial charge in [0.1, 0.15) is 0 Å². The van der Waals surface area contributed by atoms with Gasteiger partial charge in [0.15, 0.2) is 11.5 Å². The quantitative estimate of drug-likeness (QED) is 0.823. The zero-order valence-electron chi connectivity index (χ0n) is 9.92. The Labute approximate surface area is 96.4 Å². The van der Waals surface area contributed by atoms with Gasteiger partial charge in [-0.05, 0) is 42.6 Å². The van der Waals surface area contributed by atoms with Crippen LogP contribution in [0.2, 0.25) is 0 Å². The molecular formula is C13H19NO2. The fraction of sp³-hybridized carbons (Fsp3) is 0.538. The van der Waals surface area contributed by atoms with Crippen molar-refractivity contribution in [1.29, 1.82) is 0 Å². The Morgan fingerprint density at radius 2 is 2.31 bits per heavy atom. The molecule has 2 rings (SSSR count). The minimum Gasteiger partial charge on any atom is -0.504 e. The highest BCUT2D eigenvalue weighted by molar-refractivity contribution is 5.48. The second-order valence-electron chi connectivity index (χ2n) is 4.27. The van der Waals surface area contributed by atoms with E-state index in [-0.39, 0.29) is 5.75 Å². The summed E-state index contributed by atoms with van der Waals surface area (Å²) in [5.41, 5.74) is 2.53. The lowest BCUT2D eigenvalue weighted by Crippen LogP contribution is -2.29. The highest BCUT2D eigenvalue weighted by atomic mass is 16.5. The number of hydrogen-bond acceptors (Lipinski definition) is 3. The van der Waals surface area contributed by atoms with Crippen LogP contribution in [0.1, 0.15) is 36.9 Å². The van der Waals surface area contributed by atoms with E-state index in [9.17, 15) is 5.11 Å². The van der Waals surface area contributed by atoms with Crippen LogP contribution in [-0.4, -0.2) is 18.8 Å². The van der Waals surface area contributed by atoms with Gasteiger partial charge in [-0.15, -0.1) is 0 Å². The predicted molar refractivity (Wildman–Crippen MR) is 64.0 cm³/mol. The highest BCUT2D eigenvalue weighted by Gasteiger charge is 2.21. The van der Waals surface area contributed by atoms with Gasteiger partial charge in [0, 0.05) is 6.04 Å². The van der Waals surface area contributed by atoms with Crippen LogP contribution < -0.4 is 10.1 Å². The number of hydrogen-bond donors (Lipinski definition) is 2. The second kappa shape index (κ2) is 4.74. The lowest BCUT2D eigenvalue weighted by molar-refractivity contribution is 0.369. The lowest BCUT2D eigenvalue weighted by atomic mass is 9.91. The van der Waals surface area contributed by atoms with E-state index in [2.05, 4.69) is 12.2 Å². The maximum absolute atomic E-state index is 9.80. The Morgan fingerprint density at radius 3 is 3.00 bits per heavy atom. The molecule has 0 bridgehead atoms. The van der Waals surface area contributed by atoms with Crippen molar-refractivity contribution < 1.29 is 9.84 Å². The van der Waals surface area contributed by atoms with Gasteiger partial charge in [-0.3, -0.25) is 0 Å². The van der Waals surface area contributed by atoms with Gasteiger partial charge in [0.2, 0.25) is 0 Å². The molecule has 0 aliphatic carbocycles. The molecule has 1 aliphatic rings. The van der Waals surface area contributed by atoms with E-state index >= 15 is 0 Å². The first-order valence-electron chi connectivity index (χ1n) is 5.89. The van der Waals surface area contributed by atoms with Crippen molar-refractivity contribution >= 4 is 0 Å². The van der Waals surface area contributed by atoms with Crippen LogP contribution in [0.5, 0.6) is 11.5 Å². The second-order valence-corrected chi connectivity index (χ2v) is 4.27. The molecule has 0 amide bonds. The average molecular weight is 221 g/mol. The standard InChI is InChI=1S/C13H19NO2/c1-3-4-11-10-8-12(15)13(16-2)7-9(10)5-6-14-11/h7-8,11,14-15H,3-6H2,1-2H3. The van der Waals surface area contributed by atoms with E-state index in [0.717, 1.165) is 25.8 Å². The summed E-state index contributed by atoms with van der Waals surface area (Å²) in [6.45, 7) is 3.19. The highest BCUT2D eigenvalue weighted by Crippen LogP contribution is 2.35. The van der Waals surface area contributed by atoms with E-state index in [4.69, 9.17) is 4.74 Å². The molecule has 1 aromatic carbocycles. The molecule has 0 spiro atoms. The normalized spacial score (nSPS) is 19.2. The first-order chi connectivity index (χ1) is 7.76. The summed E-state index contributed by atoms with van der Waals surface area (Å²) in [6.07, 6.45) is 3.26. The van der Waals surface area contributed by atoms with E-state index in [1.807, 2.05) is 12.1 Å². The monoisotopic (exact) mass is 221 g/mol. The van der Waals surface area contributed by atoms with Crippen LogP contribution in [-0.2, 0) is 6.42 Å². The predicted octanol–water partition coefficient (Wildman–Crippen LogP) is 2.39. The number of benzene rings is 1. The topological polar surface area (TPSA) is 41.5 Å². The van der Waals surface area contributed by atoms with Gasteiger partial charge >= 0.3 is 0 Å². The van der Waals surface area contributed by atoms with Gasteiger partial charge in [0.25, 0.3) is 0 Å². The third-order valence-electron chi connectivity index (χ3n) is 3.18. The number of nitrogens with one attached hydrogen (secondary N) is 1. The fourth-order valence-corrected chi connectivity index (χ4v) is 2.37. The number of fused-ring (bicyclic) bond motifs is 1. The molecule has 16 heavy (non-hydrogen) atoms. The van der Waals surface area contributed by atoms with Crippen molar-refractivity contribution in [3.63, 3.8) is 0 Å². The molecule has 0 saturated carbocycles. The molecule has 0 aromatic heterocycles. The molecular weight excluding hydrogens is 202 g/mol. The van der Waals surface area contributed by atoms with E-state index in [1.165, 1.54) is 11.1 Å². The minimum absolute atomic E-state index is 0.242. The number of ether oxygens (including phenoxy) is 1.